The summed E-state index contributed by atoms with van der Waals surface area (Å²) in [6.07, 6.45) is 19.7. The van der Waals surface area contributed by atoms with Gasteiger partial charge in [-0.2, -0.15) is 0 Å². The third-order valence-electron chi connectivity index (χ3n) is 11.3. The molecule has 3 heterocycles. The average Bonchev–Trinajstić information content (AvgIpc) is 3.63. The Hall–Kier alpha value is -2.70. The topological polar surface area (TPSA) is 61.8 Å². The molecule has 6 nitrogen and oxygen atoms in total. The van der Waals surface area contributed by atoms with E-state index in [-0.39, 0.29) is 12.1 Å². The molecule has 3 unspecified atom stereocenters. The number of hydrogen-bond acceptors (Lipinski definition) is 5. The van der Waals surface area contributed by atoms with Crippen molar-refractivity contribution in [2.45, 2.75) is 160 Å². The average molecular weight is 647 g/mol. The fourth-order valence-electron chi connectivity index (χ4n) is 8.92. The monoisotopic (exact) mass is 646 g/mol. The molecule has 1 spiro atoms. The summed E-state index contributed by atoms with van der Waals surface area (Å²) in [5.74, 6) is -0.720. The van der Waals surface area contributed by atoms with Crippen LogP contribution >= 0.6 is 0 Å². The van der Waals surface area contributed by atoms with E-state index < -0.39 is 17.9 Å². The third kappa shape index (κ3) is 8.86. The van der Waals surface area contributed by atoms with Crippen LogP contribution in [-0.4, -0.2) is 54.0 Å². The van der Waals surface area contributed by atoms with E-state index in [0.717, 1.165) is 32.1 Å². The summed E-state index contributed by atoms with van der Waals surface area (Å²) in [6.45, 7) is 6.53. The van der Waals surface area contributed by atoms with Gasteiger partial charge in [-0.25, -0.2) is 4.79 Å². The lowest BCUT2D eigenvalue weighted by atomic mass is 9.85. The summed E-state index contributed by atoms with van der Waals surface area (Å²) in [5.41, 5.74) is -0.215. The summed E-state index contributed by atoms with van der Waals surface area (Å²) < 4.78 is 20.2. The first kappa shape index (κ1) is 35.6. The van der Waals surface area contributed by atoms with Crippen LogP contribution in [0.4, 0.5) is 0 Å². The van der Waals surface area contributed by atoms with Crippen molar-refractivity contribution in [2.24, 2.45) is 0 Å². The fraction of sp³-hybridized carbons (Fsp3) is 0.659. The van der Waals surface area contributed by atoms with Crippen LogP contribution in [0.3, 0.4) is 0 Å². The molecule has 2 bridgehead atoms. The molecule has 0 amide bonds. The Balaban J connectivity index is 1.20. The second-order valence-corrected chi connectivity index (χ2v) is 14.5. The summed E-state index contributed by atoms with van der Waals surface area (Å²) in [5, 5.41) is 0. The number of nitrogens with zero attached hydrogens (tertiary/aromatic N) is 1. The molecule has 2 aromatic rings. The number of piperidine rings is 1. The minimum atomic E-state index is -1.56. The number of hydrogen-bond donors (Lipinski definition) is 0. The predicted molar refractivity (Wildman–Crippen MR) is 187 cm³/mol. The molecule has 3 aliphatic heterocycles. The van der Waals surface area contributed by atoms with E-state index in [4.69, 9.17) is 14.2 Å². The number of esters is 2. The van der Waals surface area contributed by atoms with Crippen LogP contribution in [0.15, 0.2) is 60.7 Å². The van der Waals surface area contributed by atoms with Crippen LogP contribution < -0.4 is 0 Å². The number of quaternary nitrogens is 1. The fourth-order valence-corrected chi connectivity index (χ4v) is 8.92. The predicted octanol–water partition coefficient (Wildman–Crippen LogP) is 9.38. The van der Waals surface area contributed by atoms with E-state index in [1.165, 1.54) is 94.6 Å². The van der Waals surface area contributed by atoms with Crippen molar-refractivity contribution in [1.29, 1.82) is 0 Å². The van der Waals surface area contributed by atoms with Gasteiger partial charge in [-0.1, -0.05) is 132 Å². The minimum absolute atomic E-state index is 0.140. The van der Waals surface area contributed by atoms with Gasteiger partial charge in [0.1, 0.15) is 6.10 Å². The van der Waals surface area contributed by atoms with Crippen molar-refractivity contribution >= 4 is 11.9 Å². The van der Waals surface area contributed by atoms with Crippen molar-refractivity contribution in [2.75, 3.05) is 13.1 Å². The van der Waals surface area contributed by atoms with Crippen LogP contribution in [0, 0.1) is 0 Å². The van der Waals surface area contributed by atoms with Crippen LogP contribution in [0.1, 0.15) is 141 Å². The Morgan fingerprint density at radius 1 is 0.745 bits per heavy atom. The Morgan fingerprint density at radius 3 is 1.74 bits per heavy atom. The Kier molecular flexibility index (Phi) is 13.4. The molecular formula is C41H60NO5+. The van der Waals surface area contributed by atoms with Crippen molar-refractivity contribution in [3.8, 4) is 0 Å². The van der Waals surface area contributed by atoms with E-state index in [0.29, 0.717) is 29.6 Å². The molecule has 5 rings (SSSR count). The zero-order valence-electron chi connectivity index (χ0n) is 29.2. The van der Waals surface area contributed by atoms with E-state index in [2.05, 4.69) is 6.92 Å². The number of rotatable bonds is 19. The minimum Gasteiger partial charge on any atom is -0.459 e. The van der Waals surface area contributed by atoms with Crippen LogP contribution in [0.5, 0.6) is 0 Å². The Morgan fingerprint density at radius 2 is 1.23 bits per heavy atom. The molecule has 6 heteroatoms. The van der Waals surface area contributed by atoms with Gasteiger partial charge in [0.25, 0.3) is 0 Å². The van der Waals surface area contributed by atoms with Gasteiger partial charge in [0.05, 0.1) is 25.2 Å². The lowest BCUT2D eigenvalue weighted by Gasteiger charge is -2.47. The molecule has 0 aliphatic carbocycles. The number of carbonyl (C=O) groups excluding carboxylic acids is 2. The highest BCUT2D eigenvalue weighted by atomic mass is 16.7. The highest BCUT2D eigenvalue weighted by Gasteiger charge is 2.57. The second-order valence-electron chi connectivity index (χ2n) is 14.5. The van der Waals surface area contributed by atoms with Gasteiger partial charge in [0.2, 0.25) is 11.9 Å². The molecule has 2 aromatic carbocycles. The lowest BCUT2D eigenvalue weighted by molar-refractivity contribution is -0.956. The standard InChI is InChI=1S/C41H60NO5/c1-3-4-5-6-7-8-9-10-11-12-19-26-39(43)45-33(2)47-41(34-22-15-13-16-23-34,35-24-17-14-18-25-35)40(44)46-38-31-36-27-28-37(32-38)42(36)29-20-21-30-42/h13-18,22-25,33,36-38H,3-12,19-21,26-32H2,1-2H3/q+1. The molecule has 47 heavy (non-hydrogen) atoms. The molecule has 0 N–H and O–H groups in total. The molecule has 3 saturated heterocycles. The smallest absolute Gasteiger partial charge is 0.348 e. The quantitative estimate of drug-likeness (QED) is 0.0659. The highest BCUT2D eigenvalue weighted by Crippen LogP contribution is 2.47. The molecule has 3 aliphatic rings. The largest absolute Gasteiger partial charge is 0.459 e. The maximum absolute atomic E-state index is 14.6. The molecule has 258 valence electrons. The second kappa shape index (κ2) is 17.6. The van der Waals surface area contributed by atoms with E-state index in [9.17, 15) is 9.59 Å². The van der Waals surface area contributed by atoms with Crippen molar-refractivity contribution in [3.63, 3.8) is 0 Å². The van der Waals surface area contributed by atoms with Gasteiger partial charge < -0.3 is 18.7 Å². The molecule has 0 radical (unpaired) electrons. The van der Waals surface area contributed by atoms with Crippen molar-refractivity contribution in [1.82, 2.24) is 0 Å². The first-order valence-electron chi connectivity index (χ1n) is 19.0. The third-order valence-corrected chi connectivity index (χ3v) is 11.3. The summed E-state index contributed by atoms with van der Waals surface area (Å²) in [6, 6.07) is 20.3. The molecule has 3 fully saturated rings. The molecular weight excluding hydrogens is 586 g/mol. The zero-order valence-corrected chi connectivity index (χ0v) is 29.2. The van der Waals surface area contributed by atoms with Gasteiger partial charge >= 0.3 is 11.9 Å². The van der Waals surface area contributed by atoms with Crippen LogP contribution in [-0.2, 0) is 29.4 Å². The Bertz CT molecular complexity index is 1170. The maximum atomic E-state index is 14.6. The first-order chi connectivity index (χ1) is 23.0. The van der Waals surface area contributed by atoms with E-state index in [1.807, 2.05) is 60.7 Å². The lowest BCUT2D eigenvalue weighted by Crippen LogP contribution is -2.60. The van der Waals surface area contributed by atoms with Crippen molar-refractivity contribution < 1.29 is 28.3 Å². The van der Waals surface area contributed by atoms with Gasteiger partial charge in [-0.3, -0.25) is 4.79 Å². The molecule has 0 saturated carbocycles. The molecule has 3 atom stereocenters. The number of carbonyl (C=O) groups is 2. The number of benzene rings is 2. The highest BCUT2D eigenvalue weighted by molar-refractivity contribution is 5.86. The summed E-state index contributed by atoms with van der Waals surface area (Å²) in [4.78, 5) is 27.5. The molecule has 0 aromatic heterocycles. The van der Waals surface area contributed by atoms with Gasteiger partial charge in [-0.15, -0.1) is 0 Å². The summed E-state index contributed by atoms with van der Waals surface area (Å²) >= 11 is 0. The normalized spacial score (nSPS) is 22.3. The number of ether oxygens (including phenoxy) is 3. The van der Waals surface area contributed by atoms with E-state index >= 15 is 0 Å². The van der Waals surface area contributed by atoms with E-state index in [1.54, 1.807) is 6.92 Å². The maximum Gasteiger partial charge on any atom is 0.348 e. The van der Waals surface area contributed by atoms with Gasteiger partial charge in [0.15, 0.2) is 0 Å². The van der Waals surface area contributed by atoms with Crippen LogP contribution in [0.25, 0.3) is 0 Å². The Labute approximate surface area is 284 Å². The SMILES string of the molecule is CCCCCCCCCCCCCC(=O)OC(C)OC(C(=O)OC1CC2CCC(C1)[N+]21CCCC1)(c1ccccc1)c1ccccc1. The first-order valence-corrected chi connectivity index (χ1v) is 19.0. The van der Waals surface area contributed by atoms with Crippen molar-refractivity contribution in [3.05, 3.63) is 71.8 Å². The zero-order chi connectivity index (χ0) is 33.0. The van der Waals surface area contributed by atoms with Crippen LogP contribution in [0.2, 0.25) is 0 Å². The van der Waals surface area contributed by atoms with Gasteiger partial charge in [0, 0.05) is 44.9 Å². The van der Waals surface area contributed by atoms with Gasteiger partial charge in [-0.05, 0) is 24.5 Å². The summed E-state index contributed by atoms with van der Waals surface area (Å²) in [7, 11) is 0. The number of unbranched alkanes of at least 4 members (excludes halogenated alkanes) is 10.